The molecule has 2 rings (SSSR count). The SMILES string of the molecule is S=C(NCN1CCNCC1)c1ccccn1. The number of thiocarbonyl (C=S) groups is 1. The Morgan fingerprint density at radius 3 is 2.94 bits per heavy atom. The van der Waals surface area contributed by atoms with Gasteiger partial charge in [0.25, 0.3) is 0 Å². The van der Waals surface area contributed by atoms with Crippen LogP contribution < -0.4 is 10.6 Å². The van der Waals surface area contributed by atoms with Crippen LogP contribution in [0.15, 0.2) is 24.4 Å². The van der Waals surface area contributed by atoms with Gasteiger partial charge in [0.2, 0.25) is 0 Å². The van der Waals surface area contributed by atoms with E-state index in [-0.39, 0.29) is 0 Å². The fourth-order valence-corrected chi connectivity index (χ4v) is 1.83. The monoisotopic (exact) mass is 236 g/mol. The van der Waals surface area contributed by atoms with E-state index < -0.39 is 0 Å². The van der Waals surface area contributed by atoms with Gasteiger partial charge in [-0.1, -0.05) is 18.3 Å². The lowest BCUT2D eigenvalue weighted by molar-refractivity contribution is 0.237. The van der Waals surface area contributed by atoms with Gasteiger partial charge in [-0.25, -0.2) is 0 Å². The van der Waals surface area contributed by atoms with Crippen LogP contribution in [0.2, 0.25) is 0 Å². The van der Waals surface area contributed by atoms with E-state index in [0.29, 0.717) is 0 Å². The molecule has 4 nitrogen and oxygen atoms in total. The fraction of sp³-hybridized carbons (Fsp3) is 0.455. The Morgan fingerprint density at radius 1 is 1.44 bits per heavy atom. The van der Waals surface area contributed by atoms with Crippen molar-refractivity contribution in [3.05, 3.63) is 30.1 Å². The van der Waals surface area contributed by atoms with Gasteiger partial charge in [-0.2, -0.15) is 0 Å². The van der Waals surface area contributed by atoms with Crippen LogP contribution in [0.3, 0.4) is 0 Å². The number of hydrogen-bond donors (Lipinski definition) is 2. The van der Waals surface area contributed by atoms with Crippen LogP contribution in [0.5, 0.6) is 0 Å². The van der Waals surface area contributed by atoms with Crippen molar-refractivity contribution in [3.8, 4) is 0 Å². The molecule has 0 unspecified atom stereocenters. The van der Waals surface area contributed by atoms with Crippen molar-refractivity contribution in [2.75, 3.05) is 32.8 Å². The summed E-state index contributed by atoms with van der Waals surface area (Å²) in [6, 6.07) is 5.76. The Balaban J connectivity index is 1.79. The summed E-state index contributed by atoms with van der Waals surface area (Å²) in [7, 11) is 0. The van der Waals surface area contributed by atoms with Gasteiger partial charge in [-0.3, -0.25) is 9.88 Å². The molecule has 0 saturated carbocycles. The predicted octanol–water partition coefficient (Wildman–Crippen LogP) is 0.209. The van der Waals surface area contributed by atoms with Crippen LogP contribution in [0.1, 0.15) is 5.69 Å². The maximum absolute atomic E-state index is 5.27. The quantitative estimate of drug-likeness (QED) is 0.734. The zero-order chi connectivity index (χ0) is 11.2. The Hall–Kier alpha value is -1.04. The summed E-state index contributed by atoms with van der Waals surface area (Å²) in [4.78, 5) is 7.27. The van der Waals surface area contributed by atoms with E-state index in [1.54, 1.807) is 6.20 Å². The number of pyridine rings is 1. The van der Waals surface area contributed by atoms with E-state index in [2.05, 4.69) is 20.5 Å². The molecule has 0 bridgehead atoms. The largest absolute Gasteiger partial charge is 0.362 e. The second-order valence-electron chi connectivity index (χ2n) is 3.75. The van der Waals surface area contributed by atoms with Crippen molar-refractivity contribution in [1.82, 2.24) is 20.5 Å². The van der Waals surface area contributed by atoms with Crippen LogP contribution in [-0.4, -0.2) is 47.7 Å². The van der Waals surface area contributed by atoms with Crippen molar-refractivity contribution in [2.24, 2.45) is 0 Å². The zero-order valence-corrected chi connectivity index (χ0v) is 9.96. The van der Waals surface area contributed by atoms with Crippen molar-refractivity contribution in [2.45, 2.75) is 0 Å². The lowest BCUT2D eigenvalue weighted by atomic mass is 10.3. The Bertz CT molecular complexity index is 335. The molecule has 2 N–H and O–H groups in total. The summed E-state index contributed by atoms with van der Waals surface area (Å²) in [5.41, 5.74) is 0.840. The van der Waals surface area contributed by atoms with Gasteiger partial charge in [0.1, 0.15) is 4.99 Å². The smallest absolute Gasteiger partial charge is 0.126 e. The first kappa shape index (κ1) is 11.4. The minimum Gasteiger partial charge on any atom is -0.362 e. The third-order valence-electron chi connectivity index (χ3n) is 2.57. The molecule has 0 spiro atoms. The summed E-state index contributed by atoms with van der Waals surface area (Å²) >= 11 is 5.27. The molecule has 0 radical (unpaired) electrons. The van der Waals surface area contributed by atoms with Gasteiger partial charge < -0.3 is 10.6 Å². The van der Waals surface area contributed by atoms with E-state index in [0.717, 1.165) is 43.5 Å². The summed E-state index contributed by atoms with van der Waals surface area (Å²) in [6.07, 6.45) is 1.76. The number of nitrogens with one attached hydrogen (secondary N) is 2. The van der Waals surface area contributed by atoms with E-state index in [9.17, 15) is 0 Å². The highest BCUT2D eigenvalue weighted by Gasteiger charge is 2.09. The highest BCUT2D eigenvalue weighted by atomic mass is 32.1. The van der Waals surface area contributed by atoms with Crippen molar-refractivity contribution < 1.29 is 0 Å². The van der Waals surface area contributed by atoms with Crippen LogP contribution in [-0.2, 0) is 0 Å². The van der Waals surface area contributed by atoms with Crippen molar-refractivity contribution in [3.63, 3.8) is 0 Å². The summed E-state index contributed by atoms with van der Waals surface area (Å²) < 4.78 is 0. The van der Waals surface area contributed by atoms with E-state index in [1.807, 2.05) is 18.2 Å². The molecule has 1 saturated heterocycles. The first-order valence-electron chi connectivity index (χ1n) is 5.48. The molecule has 1 aliphatic heterocycles. The van der Waals surface area contributed by atoms with Crippen molar-refractivity contribution >= 4 is 17.2 Å². The first-order valence-corrected chi connectivity index (χ1v) is 5.89. The zero-order valence-electron chi connectivity index (χ0n) is 9.15. The minimum absolute atomic E-state index is 0.721. The van der Waals surface area contributed by atoms with Gasteiger partial charge in [0, 0.05) is 32.4 Å². The normalized spacial score (nSPS) is 17.0. The van der Waals surface area contributed by atoms with E-state index >= 15 is 0 Å². The molecular weight excluding hydrogens is 220 g/mol. The molecule has 1 aromatic heterocycles. The second-order valence-corrected chi connectivity index (χ2v) is 4.16. The number of rotatable bonds is 3. The standard InChI is InChI=1S/C11H16N4S/c16-11(10-3-1-2-4-13-10)14-9-15-7-5-12-6-8-15/h1-4,12H,5-9H2,(H,14,16). The average molecular weight is 236 g/mol. The lowest BCUT2D eigenvalue weighted by Crippen LogP contribution is -2.48. The fourth-order valence-electron chi connectivity index (χ4n) is 1.64. The van der Waals surface area contributed by atoms with Gasteiger partial charge >= 0.3 is 0 Å². The Kier molecular flexibility index (Phi) is 4.21. The molecule has 0 atom stereocenters. The maximum atomic E-state index is 5.27. The molecule has 2 heterocycles. The van der Waals surface area contributed by atoms with E-state index in [4.69, 9.17) is 12.2 Å². The third kappa shape index (κ3) is 3.23. The number of piperazine rings is 1. The van der Waals surface area contributed by atoms with Crippen LogP contribution >= 0.6 is 12.2 Å². The molecule has 0 amide bonds. The predicted molar refractivity (Wildman–Crippen MR) is 68.4 cm³/mol. The maximum Gasteiger partial charge on any atom is 0.126 e. The molecule has 86 valence electrons. The number of aromatic nitrogens is 1. The minimum atomic E-state index is 0.721. The van der Waals surface area contributed by atoms with Gasteiger partial charge in [0.15, 0.2) is 0 Å². The molecule has 5 heteroatoms. The molecule has 1 aromatic rings. The number of nitrogens with zero attached hydrogens (tertiary/aromatic N) is 2. The molecule has 0 aromatic carbocycles. The van der Waals surface area contributed by atoms with Gasteiger partial charge in [-0.15, -0.1) is 0 Å². The summed E-state index contributed by atoms with van der Waals surface area (Å²) in [5, 5.41) is 6.56. The van der Waals surface area contributed by atoms with Crippen LogP contribution in [0.25, 0.3) is 0 Å². The Labute approximate surface area is 101 Å². The molecule has 16 heavy (non-hydrogen) atoms. The average Bonchev–Trinajstić information content (AvgIpc) is 2.38. The van der Waals surface area contributed by atoms with Crippen LogP contribution in [0, 0.1) is 0 Å². The lowest BCUT2D eigenvalue weighted by Gasteiger charge is -2.27. The molecular formula is C11H16N4S. The van der Waals surface area contributed by atoms with Crippen molar-refractivity contribution in [1.29, 1.82) is 0 Å². The Morgan fingerprint density at radius 2 is 2.25 bits per heavy atom. The number of hydrogen-bond acceptors (Lipinski definition) is 4. The molecule has 0 aliphatic carbocycles. The molecule has 1 aliphatic rings. The summed E-state index contributed by atoms with van der Waals surface area (Å²) in [6.45, 7) is 5.04. The topological polar surface area (TPSA) is 40.2 Å². The summed E-state index contributed by atoms with van der Waals surface area (Å²) in [5.74, 6) is 0. The first-order chi connectivity index (χ1) is 7.86. The van der Waals surface area contributed by atoms with E-state index in [1.165, 1.54) is 0 Å². The van der Waals surface area contributed by atoms with Crippen LogP contribution in [0.4, 0.5) is 0 Å². The highest BCUT2D eigenvalue weighted by molar-refractivity contribution is 7.80. The highest BCUT2D eigenvalue weighted by Crippen LogP contribution is 1.95. The second kappa shape index (κ2) is 5.89. The molecule has 1 fully saturated rings. The van der Waals surface area contributed by atoms with Gasteiger partial charge in [-0.05, 0) is 12.1 Å². The van der Waals surface area contributed by atoms with Gasteiger partial charge in [0.05, 0.1) is 12.4 Å². The third-order valence-corrected chi connectivity index (χ3v) is 2.92.